The van der Waals surface area contributed by atoms with Gasteiger partial charge in [-0.3, -0.25) is 4.79 Å². The molecule has 4 heteroatoms. The molecule has 1 aromatic heterocycles. The van der Waals surface area contributed by atoms with Crippen molar-refractivity contribution in [1.82, 2.24) is 4.57 Å². The fraction of sp³-hybridized carbons (Fsp3) is 0.125. The van der Waals surface area contributed by atoms with Gasteiger partial charge in [-0.1, -0.05) is 54.1 Å². The molecule has 0 bridgehead atoms. The molecule has 0 radical (unpaired) electrons. The van der Waals surface area contributed by atoms with Crippen LogP contribution in [-0.2, 0) is 6.54 Å². The van der Waals surface area contributed by atoms with Crippen LogP contribution in [0.2, 0.25) is 0 Å². The second-order valence-corrected chi connectivity index (χ2v) is 6.85. The monoisotopic (exact) mass is 371 g/mol. The number of aryl methyl sites for hydroxylation is 1. The van der Waals surface area contributed by atoms with E-state index in [-0.39, 0.29) is 5.75 Å². The predicted molar refractivity (Wildman–Crippen MR) is 112 cm³/mol. The van der Waals surface area contributed by atoms with Gasteiger partial charge in [0.25, 0.3) is 5.56 Å². The van der Waals surface area contributed by atoms with Gasteiger partial charge in [-0.25, -0.2) is 0 Å². The highest BCUT2D eigenvalue weighted by Gasteiger charge is 2.18. The van der Waals surface area contributed by atoms with Crippen LogP contribution >= 0.6 is 0 Å². The molecule has 0 saturated heterocycles. The van der Waals surface area contributed by atoms with Crippen molar-refractivity contribution in [3.8, 4) is 22.6 Å². The Labute approximate surface area is 163 Å². The molecular formula is C24H21NO3. The highest BCUT2D eigenvalue weighted by atomic mass is 16.5. The molecule has 4 rings (SSSR count). The summed E-state index contributed by atoms with van der Waals surface area (Å²) in [5.41, 5.74) is 3.82. The molecule has 4 nitrogen and oxygen atoms in total. The zero-order valence-corrected chi connectivity index (χ0v) is 15.8. The molecular weight excluding hydrogens is 350 g/mol. The molecule has 0 aliphatic heterocycles. The molecule has 3 aromatic carbocycles. The van der Waals surface area contributed by atoms with E-state index in [2.05, 4.69) is 0 Å². The summed E-state index contributed by atoms with van der Waals surface area (Å²) in [7, 11) is 1.62. The van der Waals surface area contributed by atoms with Crippen LogP contribution in [0.3, 0.4) is 0 Å². The topological polar surface area (TPSA) is 51.5 Å². The smallest absolute Gasteiger partial charge is 0.294 e. The lowest BCUT2D eigenvalue weighted by molar-refractivity contribution is 0.414. The van der Waals surface area contributed by atoms with Crippen molar-refractivity contribution >= 4 is 10.9 Å². The molecule has 0 unspecified atom stereocenters. The molecule has 0 atom stereocenters. The van der Waals surface area contributed by atoms with E-state index in [0.717, 1.165) is 33.3 Å². The number of aromatic nitrogens is 1. The quantitative estimate of drug-likeness (QED) is 0.564. The van der Waals surface area contributed by atoms with Gasteiger partial charge in [0, 0.05) is 10.9 Å². The maximum atomic E-state index is 13.1. The van der Waals surface area contributed by atoms with E-state index in [1.807, 2.05) is 79.7 Å². The second-order valence-electron chi connectivity index (χ2n) is 6.85. The van der Waals surface area contributed by atoms with Gasteiger partial charge in [0.05, 0.1) is 19.2 Å². The van der Waals surface area contributed by atoms with Gasteiger partial charge in [0.15, 0.2) is 5.75 Å². The molecule has 0 saturated carbocycles. The van der Waals surface area contributed by atoms with Gasteiger partial charge in [-0.2, -0.15) is 0 Å². The van der Waals surface area contributed by atoms with E-state index in [1.54, 1.807) is 11.7 Å². The van der Waals surface area contributed by atoms with Crippen LogP contribution in [0.5, 0.6) is 11.5 Å². The molecule has 0 fully saturated rings. The largest absolute Gasteiger partial charge is 0.503 e. The first-order chi connectivity index (χ1) is 13.6. The Kier molecular flexibility index (Phi) is 4.62. The Balaban J connectivity index is 1.95. The molecule has 1 heterocycles. The van der Waals surface area contributed by atoms with Crippen LogP contribution in [0, 0.1) is 6.92 Å². The van der Waals surface area contributed by atoms with Crippen LogP contribution in [0.15, 0.2) is 77.6 Å². The van der Waals surface area contributed by atoms with Crippen LogP contribution in [0.1, 0.15) is 11.1 Å². The maximum Gasteiger partial charge on any atom is 0.294 e. The third kappa shape index (κ3) is 3.14. The van der Waals surface area contributed by atoms with Crippen LogP contribution in [0.25, 0.3) is 22.0 Å². The minimum atomic E-state index is -0.397. The van der Waals surface area contributed by atoms with E-state index < -0.39 is 5.56 Å². The second kappa shape index (κ2) is 7.24. The summed E-state index contributed by atoms with van der Waals surface area (Å²) in [6.07, 6.45) is 0. The Morgan fingerprint density at radius 1 is 0.964 bits per heavy atom. The molecule has 0 spiro atoms. The van der Waals surface area contributed by atoms with E-state index in [4.69, 9.17) is 4.74 Å². The first-order valence-corrected chi connectivity index (χ1v) is 9.13. The lowest BCUT2D eigenvalue weighted by atomic mass is 9.98. The number of nitrogens with zero attached hydrogens (tertiary/aromatic N) is 1. The van der Waals surface area contributed by atoms with Gasteiger partial charge in [0.1, 0.15) is 5.75 Å². The highest BCUT2D eigenvalue weighted by molar-refractivity contribution is 5.98. The first-order valence-electron chi connectivity index (χ1n) is 9.13. The Bertz CT molecular complexity index is 1190. The lowest BCUT2D eigenvalue weighted by Gasteiger charge is -2.16. The van der Waals surface area contributed by atoms with Crippen LogP contribution in [0.4, 0.5) is 0 Å². The van der Waals surface area contributed by atoms with Gasteiger partial charge in [-0.15, -0.1) is 0 Å². The van der Waals surface area contributed by atoms with Crippen molar-refractivity contribution in [2.24, 2.45) is 0 Å². The van der Waals surface area contributed by atoms with Gasteiger partial charge < -0.3 is 14.4 Å². The number of rotatable bonds is 4. The molecule has 0 aliphatic carbocycles. The van der Waals surface area contributed by atoms with E-state index in [0.29, 0.717) is 12.1 Å². The average Bonchev–Trinajstić information content (AvgIpc) is 2.73. The zero-order valence-electron chi connectivity index (χ0n) is 15.8. The Hall–Kier alpha value is -3.53. The first kappa shape index (κ1) is 17.9. The minimum absolute atomic E-state index is 0.224. The summed E-state index contributed by atoms with van der Waals surface area (Å²) in [5.74, 6) is 0.539. The van der Waals surface area contributed by atoms with Crippen LogP contribution < -0.4 is 10.3 Å². The third-order valence-electron chi connectivity index (χ3n) is 4.96. The van der Waals surface area contributed by atoms with Crippen LogP contribution in [-0.4, -0.2) is 16.8 Å². The minimum Gasteiger partial charge on any atom is -0.503 e. The molecule has 0 amide bonds. The number of ether oxygens (including phenoxy) is 1. The van der Waals surface area contributed by atoms with Gasteiger partial charge in [-0.05, 0) is 42.3 Å². The van der Waals surface area contributed by atoms with Gasteiger partial charge in [0.2, 0.25) is 0 Å². The van der Waals surface area contributed by atoms with Gasteiger partial charge >= 0.3 is 0 Å². The van der Waals surface area contributed by atoms with E-state index >= 15 is 0 Å². The molecule has 4 aromatic rings. The SMILES string of the molecule is COc1ccc(Cn2c(=O)c(O)c(-c3ccccc3)c3cc(C)ccc32)cc1. The number of aromatic hydroxyl groups is 1. The number of methoxy groups -OCH3 is 1. The fourth-order valence-electron chi connectivity index (χ4n) is 3.52. The van der Waals surface area contributed by atoms with E-state index in [9.17, 15) is 9.90 Å². The van der Waals surface area contributed by atoms with Crippen molar-refractivity contribution in [3.05, 3.63) is 94.3 Å². The number of hydrogen-bond donors (Lipinski definition) is 1. The number of hydrogen-bond acceptors (Lipinski definition) is 3. The average molecular weight is 371 g/mol. The molecule has 28 heavy (non-hydrogen) atoms. The summed E-state index contributed by atoms with van der Waals surface area (Å²) in [4.78, 5) is 13.1. The zero-order chi connectivity index (χ0) is 19.7. The van der Waals surface area contributed by atoms with Crippen molar-refractivity contribution in [2.75, 3.05) is 7.11 Å². The fourth-order valence-corrected chi connectivity index (χ4v) is 3.52. The highest BCUT2D eigenvalue weighted by Crippen LogP contribution is 2.34. The van der Waals surface area contributed by atoms with Crippen molar-refractivity contribution in [1.29, 1.82) is 0 Å². The summed E-state index contributed by atoms with van der Waals surface area (Å²) in [6, 6.07) is 23.1. The van der Waals surface area contributed by atoms with Crippen molar-refractivity contribution in [2.45, 2.75) is 13.5 Å². The van der Waals surface area contributed by atoms with Crippen molar-refractivity contribution < 1.29 is 9.84 Å². The predicted octanol–water partition coefficient (Wildman–Crippen LogP) is 4.74. The lowest BCUT2D eigenvalue weighted by Crippen LogP contribution is -2.21. The maximum absolute atomic E-state index is 13.1. The summed E-state index contributed by atoms with van der Waals surface area (Å²) in [5, 5.41) is 11.7. The summed E-state index contributed by atoms with van der Waals surface area (Å²) >= 11 is 0. The Morgan fingerprint density at radius 2 is 1.68 bits per heavy atom. The molecule has 0 aliphatic rings. The number of fused-ring (bicyclic) bond motifs is 1. The number of pyridine rings is 1. The Morgan fingerprint density at radius 3 is 2.36 bits per heavy atom. The number of benzene rings is 3. The summed E-state index contributed by atoms with van der Waals surface area (Å²) in [6.45, 7) is 2.37. The normalized spacial score (nSPS) is 10.9. The molecule has 140 valence electrons. The summed E-state index contributed by atoms with van der Waals surface area (Å²) < 4.78 is 6.83. The standard InChI is InChI=1S/C24H21NO3/c1-16-8-13-21-20(14-16)22(18-6-4-3-5-7-18)23(26)24(27)25(21)15-17-9-11-19(28-2)12-10-17/h3-14,26H,15H2,1-2H3. The van der Waals surface area contributed by atoms with Crippen molar-refractivity contribution in [3.63, 3.8) is 0 Å². The third-order valence-corrected chi connectivity index (χ3v) is 4.96. The molecule has 1 N–H and O–H groups in total. The van der Waals surface area contributed by atoms with E-state index in [1.165, 1.54) is 0 Å².